The summed E-state index contributed by atoms with van der Waals surface area (Å²) in [5.74, 6) is 0.0719. The summed E-state index contributed by atoms with van der Waals surface area (Å²) in [5.41, 5.74) is 10.3. The van der Waals surface area contributed by atoms with Crippen molar-refractivity contribution in [2.24, 2.45) is 0 Å². The Kier molecular flexibility index (Phi) is 4.95. The zero-order valence-electron chi connectivity index (χ0n) is 14.9. The number of nitrogens with two attached hydrogens (primary N) is 1. The summed E-state index contributed by atoms with van der Waals surface area (Å²) in [6.45, 7) is 2.06. The molecule has 0 radical (unpaired) electrons. The number of aromatic amines is 1. The minimum atomic E-state index is -0.105. The maximum absolute atomic E-state index is 12.8. The molecule has 3 aromatic rings. The van der Waals surface area contributed by atoms with Crippen LogP contribution >= 0.6 is 11.6 Å². The molecule has 1 amide bonds. The second kappa shape index (κ2) is 7.17. The van der Waals surface area contributed by atoms with Crippen molar-refractivity contribution in [1.29, 1.82) is 0 Å². The number of nitrogens with one attached hydrogen (secondary N) is 1. The first-order valence-corrected chi connectivity index (χ1v) is 8.60. The van der Waals surface area contributed by atoms with Gasteiger partial charge in [-0.3, -0.25) is 4.79 Å². The van der Waals surface area contributed by atoms with Crippen molar-refractivity contribution in [3.05, 3.63) is 52.7 Å². The van der Waals surface area contributed by atoms with Gasteiger partial charge in [0.15, 0.2) is 0 Å². The van der Waals surface area contributed by atoms with E-state index in [-0.39, 0.29) is 11.9 Å². The maximum atomic E-state index is 12.8. The molecule has 134 valence electrons. The van der Waals surface area contributed by atoms with Gasteiger partial charge in [-0.15, -0.1) is 0 Å². The number of amides is 1. The van der Waals surface area contributed by atoms with Crippen LogP contribution in [-0.4, -0.2) is 39.9 Å². The number of nitrogen functional groups attached to an aromatic ring is 1. The van der Waals surface area contributed by atoms with Crippen molar-refractivity contribution >= 4 is 23.5 Å². The largest absolute Gasteiger partial charge is 0.368 e. The highest BCUT2D eigenvalue weighted by molar-refractivity contribution is 6.31. The second-order valence-electron chi connectivity index (χ2n) is 6.13. The van der Waals surface area contributed by atoms with Crippen molar-refractivity contribution in [2.75, 3.05) is 19.8 Å². The lowest BCUT2D eigenvalue weighted by atomic mass is 9.99. The summed E-state index contributed by atoms with van der Waals surface area (Å²) in [7, 11) is 3.44. The summed E-state index contributed by atoms with van der Waals surface area (Å²) in [6, 6.07) is 9.24. The highest BCUT2D eigenvalue weighted by atomic mass is 35.5. The molecule has 0 aliphatic carbocycles. The molecule has 7 heteroatoms. The third-order valence-electron chi connectivity index (χ3n) is 4.13. The van der Waals surface area contributed by atoms with Gasteiger partial charge in [-0.25, -0.2) is 9.97 Å². The summed E-state index contributed by atoms with van der Waals surface area (Å²) >= 11 is 6.22. The number of halogens is 1. The molecule has 3 rings (SSSR count). The number of carbonyl (C=O) groups is 1. The molecule has 3 N–H and O–H groups in total. The molecule has 0 aliphatic rings. The highest BCUT2D eigenvalue weighted by Crippen LogP contribution is 2.33. The van der Waals surface area contributed by atoms with Crippen LogP contribution in [0.1, 0.15) is 22.8 Å². The Morgan fingerprint density at radius 1 is 1.27 bits per heavy atom. The molecule has 0 fully saturated rings. The van der Waals surface area contributed by atoms with Crippen LogP contribution < -0.4 is 5.73 Å². The summed E-state index contributed by atoms with van der Waals surface area (Å²) < 4.78 is 0. The molecule has 0 saturated carbocycles. The van der Waals surface area contributed by atoms with E-state index in [0.29, 0.717) is 22.0 Å². The Bertz CT molecular complexity index is 964. The first-order valence-electron chi connectivity index (χ1n) is 8.23. The van der Waals surface area contributed by atoms with Gasteiger partial charge in [0.05, 0.1) is 22.6 Å². The van der Waals surface area contributed by atoms with Crippen LogP contribution in [0, 0.1) is 0 Å². The van der Waals surface area contributed by atoms with Crippen molar-refractivity contribution in [2.45, 2.75) is 13.3 Å². The predicted octanol–water partition coefficient (Wildman–Crippen LogP) is 3.64. The Morgan fingerprint density at radius 2 is 2.04 bits per heavy atom. The number of carbonyl (C=O) groups excluding carboxylic acids is 1. The first-order chi connectivity index (χ1) is 12.4. The van der Waals surface area contributed by atoms with Gasteiger partial charge in [0.2, 0.25) is 5.95 Å². The first kappa shape index (κ1) is 17.9. The Labute approximate surface area is 157 Å². The fourth-order valence-corrected chi connectivity index (χ4v) is 3.00. The van der Waals surface area contributed by atoms with E-state index >= 15 is 0 Å². The van der Waals surface area contributed by atoms with E-state index in [9.17, 15) is 4.79 Å². The van der Waals surface area contributed by atoms with Crippen LogP contribution in [-0.2, 0) is 6.42 Å². The molecule has 0 atom stereocenters. The third kappa shape index (κ3) is 3.41. The van der Waals surface area contributed by atoms with Gasteiger partial charge in [0.1, 0.15) is 0 Å². The fraction of sp³-hybridized carbons (Fsp3) is 0.211. The standard InChI is InChI=1S/C19H20ClN5O/c1-4-11-5-6-12(20)9-13(11)17-14(18(26)25(2)3)10-16(23-17)15-7-8-22-19(21)24-15/h5-10,23H,4H2,1-3H3,(H2,21,22,24). The summed E-state index contributed by atoms with van der Waals surface area (Å²) in [6.07, 6.45) is 2.40. The van der Waals surface area contributed by atoms with Crippen LogP contribution in [0.25, 0.3) is 22.6 Å². The van der Waals surface area contributed by atoms with Gasteiger partial charge >= 0.3 is 0 Å². The molecular formula is C19H20ClN5O. The molecule has 1 aromatic carbocycles. The molecule has 0 spiro atoms. The van der Waals surface area contributed by atoms with Gasteiger partial charge in [-0.1, -0.05) is 24.6 Å². The van der Waals surface area contributed by atoms with E-state index in [1.807, 2.05) is 18.2 Å². The van der Waals surface area contributed by atoms with Crippen LogP contribution in [0.15, 0.2) is 36.5 Å². The van der Waals surface area contributed by atoms with E-state index in [4.69, 9.17) is 17.3 Å². The van der Waals surface area contributed by atoms with Gasteiger partial charge in [-0.2, -0.15) is 0 Å². The molecular weight excluding hydrogens is 350 g/mol. The van der Waals surface area contributed by atoms with Gasteiger partial charge in [0, 0.05) is 30.9 Å². The zero-order valence-corrected chi connectivity index (χ0v) is 15.6. The van der Waals surface area contributed by atoms with Crippen LogP contribution in [0.4, 0.5) is 5.95 Å². The molecule has 0 saturated heterocycles. The Balaban J connectivity index is 2.24. The molecule has 6 nitrogen and oxygen atoms in total. The predicted molar refractivity (Wildman–Crippen MR) is 104 cm³/mol. The number of rotatable bonds is 4. The topological polar surface area (TPSA) is 87.9 Å². The maximum Gasteiger partial charge on any atom is 0.255 e. The monoisotopic (exact) mass is 369 g/mol. The lowest BCUT2D eigenvalue weighted by molar-refractivity contribution is 0.0828. The third-order valence-corrected chi connectivity index (χ3v) is 4.36. The lowest BCUT2D eigenvalue weighted by Crippen LogP contribution is -2.21. The average Bonchev–Trinajstić information content (AvgIpc) is 3.06. The Morgan fingerprint density at radius 3 is 2.69 bits per heavy atom. The smallest absolute Gasteiger partial charge is 0.255 e. The van der Waals surface area contributed by atoms with Crippen molar-refractivity contribution < 1.29 is 4.79 Å². The number of benzene rings is 1. The van der Waals surface area contributed by atoms with Crippen LogP contribution in [0.2, 0.25) is 5.02 Å². The molecule has 0 bridgehead atoms. The van der Waals surface area contributed by atoms with Gasteiger partial charge < -0.3 is 15.6 Å². The summed E-state index contributed by atoms with van der Waals surface area (Å²) in [5, 5.41) is 0.614. The van der Waals surface area contributed by atoms with E-state index < -0.39 is 0 Å². The zero-order chi connectivity index (χ0) is 18.8. The number of nitrogens with zero attached hydrogens (tertiary/aromatic N) is 3. The van der Waals surface area contributed by atoms with Crippen LogP contribution in [0.3, 0.4) is 0 Å². The normalized spacial score (nSPS) is 10.8. The quantitative estimate of drug-likeness (QED) is 0.734. The number of hydrogen-bond donors (Lipinski definition) is 2. The average molecular weight is 370 g/mol. The molecule has 0 unspecified atom stereocenters. The second-order valence-corrected chi connectivity index (χ2v) is 6.56. The van der Waals surface area contributed by atoms with Crippen LogP contribution in [0.5, 0.6) is 0 Å². The number of hydrogen-bond acceptors (Lipinski definition) is 4. The molecule has 2 heterocycles. The molecule has 0 aliphatic heterocycles. The van der Waals surface area contributed by atoms with E-state index in [1.165, 1.54) is 0 Å². The summed E-state index contributed by atoms with van der Waals surface area (Å²) in [4.78, 5) is 25.8. The lowest BCUT2D eigenvalue weighted by Gasteiger charge is -2.13. The number of anilines is 1. The fourth-order valence-electron chi connectivity index (χ4n) is 2.83. The number of aryl methyl sites for hydroxylation is 1. The van der Waals surface area contributed by atoms with E-state index in [1.54, 1.807) is 37.3 Å². The minimum absolute atomic E-state index is 0.105. The highest BCUT2D eigenvalue weighted by Gasteiger charge is 2.21. The van der Waals surface area contributed by atoms with Crippen molar-refractivity contribution in [3.8, 4) is 22.6 Å². The van der Waals surface area contributed by atoms with Gasteiger partial charge in [-0.05, 0) is 36.2 Å². The van der Waals surface area contributed by atoms with Crippen molar-refractivity contribution in [1.82, 2.24) is 19.9 Å². The number of H-pyrrole nitrogens is 1. The van der Waals surface area contributed by atoms with Crippen molar-refractivity contribution in [3.63, 3.8) is 0 Å². The Hall–Kier alpha value is -2.86. The van der Waals surface area contributed by atoms with E-state index in [0.717, 1.165) is 23.2 Å². The number of aromatic nitrogens is 3. The molecule has 2 aromatic heterocycles. The minimum Gasteiger partial charge on any atom is -0.368 e. The molecule has 26 heavy (non-hydrogen) atoms. The van der Waals surface area contributed by atoms with Gasteiger partial charge in [0.25, 0.3) is 5.91 Å². The SMILES string of the molecule is CCc1ccc(Cl)cc1-c1[nH]c(-c2ccnc(N)n2)cc1C(=O)N(C)C. The van der Waals surface area contributed by atoms with E-state index in [2.05, 4.69) is 21.9 Å².